The molecule has 74 valence electrons. The average molecular weight is 192 g/mol. The Morgan fingerprint density at radius 3 is 2.64 bits per heavy atom. The third-order valence-electron chi connectivity index (χ3n) is 2.24. The van der Waals surface area contributed by atoms with Gasteiger partial charge in [0.1, 0.15) is 11.3 Å². The summed E-state index contributed by atoms with van der Waals surface area (Å²) in [5.41, 5.74) is 0.178. The fourth-order valence-corrected chi connectivity index (χ4v) is 1.52. The number of rotatable bonds is 1. The fourth-order valence-electron chi connectivity index (χ4n) is 1.52. The Morgan fingerprint density at radius 1 is 1.29 bits per heavy atom. The Labute approximate surface area is 81.6 Å². The molecule has 3 heteroatoms. The first kappa shape index (κ1) is 9.09. The quantitative estimate of drug-likeness (QED) is 0.729. The second-order valence-corrected chi connectivity index (χ2v) is 3.86. The molecule has 3 nitrogen and oxygen atoms in total. The van der Waals surface area contributed by atoms with Crippen molar-refractivity contribution in [2.24, 2.45) is 0 Å². The summed E-state index contributed by atoms with van der Waals surface area (Å²) in [5, 5.41) is 20.0. The van der Waals surface area contributed by atoms with Gasteiger partial charge in [-0.05, 0) is 26.0 Å². The van der Waals surface area contributed by atoms with Crippen molar-refractivity contribution in [3.05, 3.63) is 30.0 Å². The van der Waals surface area contributed by atoms with E-state index in [0.29, 0.717) is 16.5 Å². The van der Waals surface area contributed by atoms with E-state index in [9.17, 15) is 10.2 Å². The highest BCUT2D eigenvalue weighted by molar-refractivity contribution is 5.87. The van der Waals surface area contributed by atoms with Gasteiger partial charge in [-0.1, -0.05) is 6.07 Å². The van der Waals surface area contributed by atoms with Crippen molar-refractivity contribution >= 4 is 11.0 Å². The van der Waals surface area contributed by atoms with E-state index < -0.39 is 5.60 Å². The first-order chi connectivity index (χ1) is 6.50. The van der Waals surface area contributed by atoms with Gasteiger partial charge in [-0.15, -0.1) is 0 Å². The molecule has 1 aromatic heterocycles. The molecular formula is C11H12O3. The largest absolute Gasteiger partial charge is 0.507 e. The monoisotopic (exact) mass is 192 g/mol. The molecule has 0 atom stereocenters. The van der Waals surface area contributed by atoms with Crippen LogP contribution < -0.4 is 0 Å². The first-order valence-electron chi connectivity index (χ1n) is 4.42. The molecule has 0 amide bonds. The molecule has 0 unspecified atom stereocenters. The van der Waals surface area contributed by atoms with E-state index in [2.05, 4.69) is 0 Å². The standard InChI is InChI=1S/C11H12O3/c1-11(2,13)7-6-14-9-5-3-4-8(12)10(7)9/h3-6,12-13H,1-2H3. The smallest absolute Gasteiger partial charge is 0.137 e. The maximum Gasteiger partial charge on any atom is 0.137 e. The van der Waals surface area contributed by atoms with Crippen LogP contribution in [-0.4, -0.2) is 10.2 Å². The minimum atomic E-state index is -1.01. The van der Waals surface area contributed by atoms with Crippen LogP contribution >= 0.6 is 0 Å². The Balaban J connectivity index is 2.80. The van der Waals surface area contributed by atoms with Gasteiger partial charge < -0.3 is 14.6 Å². The minimum absolute atomic E-state index is 0.133. The molecule has 2 N–H and O–H groups in total. The van der Waals surface area contributed by atoms with Crippen LogP contribution in [0.2, 0.25) is 0 Å². The maximum absolute atomic E-state index is 9.83. The number of hydrogen-bond donors (Lipinski definition) is 2. The zero-order chi connectivity index (χ0) is 10.3. The lowest BCUT2D eigenvalue weighted by atomic mass is 9.97. The number of phenols is 1. The van der Waals surface area contributed by atoms with Crippen LogP contribution in [0.25, 0.3) is 11.0 Å². The van der Waals surface area contributed by atoms with E-state index >= 15 is 0 Å². The van der Waals surface area contributed by atoms with E-state index in [1.807, 2.05) is 0 Å². The summed E-state index contributed by atoms with van der Waals surface area (Å²) in [6.45, 7) is 3.31. The van der Waals surface area contributed by atoms with E-state index in [1.165, 1.54) is 6.26 Å². The van der Waals surface area contributed by atoms with Crippen molar-refractivity contribution in [1.29, 1.82) is 0 Å². The minimum Gasteiger partial charge on any atom is -0.507 e. The van der Waals surface area contributed by atoms with Crippen molar-refractivity contribution in [3.8, 4) is 5.75 Å². The van der Waals surface area contributed by atoms with Gasteiger partial charge in [-0.3, -0.25) is 0 Å². The zero-order valence-corrected chi connectivity index (χ0v) is 8.11. The van der Waals surface area contributed by atoms with Gasteiger partial charge in [-0.2, -0.15) is 0 Å². The molecular weight excluding hydrogens is 180 g/mol. The SMILES string of the molecule is CC(C)(O)c1coc2cccc(O)c12. The summed E-state index contributed by atoms with van der Waals surface area (Å²) in [6.07, 6.45) is 1.48. The van der Waals surface area contributed by atoms with Crippen LogP contribution in [-0.2, 0) is 5.60 Å². The number of furan rings is 1. The molecule has 14 heavy (non-hydrogen) atoms. The lowest BCUT2D eigenvalue weighted by molar-refractivity contribution is 0.0791. The molecule has 0 saturated carbocycles. The molecule has 0 aliphatic heterocycles. The van der Waals surface area contributed by atoms with Gasteiger partial charge in [-0.25, -0.2) is 0 Å². The third kappa shape index (κ3) is 1.26. The number of phenolic OH excluding ortho intramolecular Hbond substituents is 1. The van der Waals surface area contributed by atoms with E-state index in [4.69, 9.17) is 4.42 Å². The highest BCUT2D eigenvalue weighted by atomic mass is 16.3. The van der Waals surface area contributed by atoms with E-state index in [-0.39, 0.29) is 5.75 Å². The van der Waals surface area contributed by atoms with Crippen LogP contribution in [0, 0.1) is 0 Å². The number of hydrogen-bond acceptors (Lipinski definition) is 3. The van der Waals surface area contributed by atoms with Gasteiger partial charge in [0.25, 0.3) is 0 Å². The number of aromatic hydroxyl groups is 1. The Hall–Kier alpha value is -1.48. The van der Waals surface area contributed by atoms with Crippen LogP contribution in [0.1, 0.15) is 19.4 Å². The van der Waals surface area contributed by atoms with Gasteiger partial charge >= 0.3 is 0 Å². The second kappa shape index (κ2) is 2.75. The summed E-state index contributed by atoms with van der Waals surface area (Å²) in [7, 11) is 0. The summed E-state index contributed by atoms with van der Waals surface area (Å²) < 4.78 is 5.24. The first-order valence-corrected chi connectivity index (χ1v) is 4.42. The summed E-state index contributed by atoms with van der Waals surface area (Å²) in [6, 6.07) is 5.03. The Bertz CT molecular complexity index is 463. The predicted octanol–water partition coefficient (Wildman–Crippen LogP) is 2.37. The average Bonchev–Trinajstić information content (AvgIpc) is 2.47. The lowest BCUT2D eigenvalue weighted by Gasteiger charge is -2.15. The second-order valence-electron chi connectivity index (χ2n) is 3.86. The van der Waals surface area contributed by atoms with Gasteiger partial charge in [0.2, 0.25) is 0 Å². The van der Waals surface area contributed by atoms with E-state index in [0.717, 1.165) is 0 Å². The lowest BCUT2D eigenvalue weighted by Crippen LogP contribution is -2.14. The molecule has 2 rings (SSSR count). The van der Waals surface area contributed by atoms with Crippen molar-refractivity contribution in [2.75, 3.05) is 0 Å². The topological polar surface area (TPSA) is 53.6 Å². The molecule has 0 aliphatic rings. The van der Waals surface area contributed by atoms with Crippen molar-refractivity contribution in [2.45, 2.75) is 19.4 Å². The Kier molecular flexibility index (Phi) is 1.79. The van der Waals surface area contributed by atoms with Crippen LogP contribution in [0.3, 0.4) is 0 Å². The molecule has 0 radical (unpaired) electrons. The highest BCUT2D eigenvalue weighted by Crippen LogP contribution is 2.35. The van der Waals surface area contributed by atoms with Gasteiger partial charge in [0.15, 0.2) is 0 Å². The molecule has 0 fully saturated rings. The van der Waals surface area contributed by atoms with Crippen LogP contribution in [0.4, 0.5) is 0 Å². The fraction of sp³-hybridized carbons (Fsp3) is 0.273. The van der Waals surface area contributed by atoms with Crippen LogP contribution in [0.15, 0.2) is 28.9 Å². The number of fused-ring (bicyclic) bond motifs is 1. The van der Waals surface area contributed by atoms with Gasteiger partial charge in [0, 0.05) is 5.56 Å². The third-order valence-corrected chi connectivity index (χ3v) is 2.24. The zero-order valence-electron chi connectivity index (χ0n) is 8.11. The highest BCUT2D eigenvalue weighted by Gasteiger charge is 2.23. The number of aliphatic hydroxyl groups is 1. The van der Waals surface area contributed by atoms with Crippen molar-refractivity contribution in [3.63, 3.8) is 0 Å². The van der Waals surface area contributed by atoms with Crippen molar-refractivity contribution < 1.29 is 14.6 Å². The molecule has 1 heterocycles. The molecule has 2 aromatic rings. The molecule has 0 spiro atoms. The normalized spacial score (nSPS) is 12.2. The molecule has 0 aliphatic carbocycles. The Morgan fingerprint density at radius 2 is 2.00 bits per heavy atom. The van der Waals surface area contributed by atoms with Crippen molar-refractivity contribution in [1.82, 2.24) is 0 Å². The summed E-state index contributed by atoms with van der Waals surface area (Å²) in [4.78, 5) is 0. The molecule has 0 saturated heterocycles. The summed E-state index contributed by atoms with van der Waals surface area (Å²) >= 11 is 0. The summed E-state index contributed by atoms with van der Waals surface area (Å²) in [5.74, 6) is 0.133. The number of benzene rings is 1. The van der Waals surface area contributed by atoms with E-state index in [1.54, 1.807) is 32.0 Å². The van der Waals surface area contributed by atoms with Gasteiger partial charge in [0.05, 0.1) is 17.3 Å². The predicted molar refractivity (Wildman–Crippen MR) is 53.1 cm³/mol. The molecule has 0 bridgehead atoms. The van der Waals surface area contributed by atoms with Crippen LogP contribution in [0.5, 0.6) is 5.75 Å². The molecule has 1 aromatic carbocycles. The maximum atomic E-state index is 9.83.